The minimum absolute atomic E-state index is 0.102. The van der Waals surface area contributed by atoms with Crippen molar-refractivity contribution in [2.75, 3.05) is 0 Å². The van der Waals surface area contributed by atoms with Gasteiger partial charge in [-0.15, -0.1) is 0 Å². The Morgan fingerprint density at radius 2 is 1.90 bits per heavy atom. The van der Waals surface area contributed by atoms with Gasteiger partial charge in [-0.05, 0) is 36.4 Å². The second kappa shape index (κ2) is 5.99. The van der Waals surface area contributed by atoms with E-state index in [1.165, 1.54) is 24.3 Å². The standard InChI is InChI=1S/C14H10F2N2O2S/c15-12-4-5-14(16)11(7-12)9-18-21(19,20)13-3-1-2-10(6-13)8-17/h1-7,18H,9H2. The zero-order valence-corrected chi connectivity index (χ0v) is 11.5. The molecule has 108 valence electrons. The van der Waals surface area contributed by atoms with Crippen LogP contribution in [0.15, 0.2) is 47.4 Å². The van der Waals surface area contributed by atoms with E-state index in [9.17, 15) is 17.2 Å². The molecule has 0 atom stereocenters. The highest BCUT2D eigenvalue weighted by Gasteiger charge is 2.15. The Labute approximate surface area is 120 Å². The zero-order chi connectivity index (χ0) is 15.5. The zero-order valence-electron chi connectivity index (χ0n) is 10.7. The molecule has 2 aromatic rings. The molecule has 0 bridgehead atoms. The van der Waals surface area contributed by atoms with Crippen molar-refractivity contribution in [2.24, 2.45) is 0 Å². The van der Waals surface area contributed by atoms with Gasteiger partial charge in [-0.25, -0.2) is 21.9 Å². The summed E-state index contributed by atoms with van der Waals surface area (Å²) >= 11 is 0. The lowest BCUT2D eigenvalue weighted by atomic mass is 10.2. The molecule has 0 aliphatic rings. The van der Waals surface area contributed by atoms with Crippen LogP contribution in [-0.2, 0) is 16.6 Å². The monoisotopic (exact) mass is 308 g/mol. The van der Waals surface area contributed by atoms with E-state index in [4.69, 9.17) is 5.26 Å². The molecule has 0 aliphatic heterocycles. The van der Waals surface area contributed by atoms with Gasteiger partial charge in [0.25, 0.3) is 0 Å². The summed E-state index contributed by atoms with van der Waals surface area (Å²) in [6.07, 6.45) is 0. The van der Waals surface area contributed by atoms with Gasteiger partial charge in [0.05, 0.1) is 16.5 Å². The molecular formula is C14H10F2N2O2S. The van der Waals surface area contributed by atoms with Crippen molar-refractivity contribution in [1.29, 1.82) is 5.26 Å². The number of sulfonamides is 1. The van der Waals surface area contributed by atoms with E-state index in [0.29, 0.717) is 0 Å². The maximum atomic E-state index is 13.4. The van der Waals surface area contributed by atoms with Gasteiger partial charge in [-0.1, -0.05) is 6.07 Å². The van der Waals surface area contributed by atoms with Gasteiger partial charge in [0.1, 0.15) is 11.6 Å². The first-order valence-corrected chi connectivity index (χ1v) is 7.34. The minimum atomic E-state index is -3.91. The molecule has 2 rings (SSSR count). The summed E-state index contributed by atoms with van der Waals surface area (Å²) in [6.45, 7) is -0.386. The largest absolute Gasteiger partial charge is 0.240 e. The van der Waals surface area contributed by atoms with Gasteiger partial charge in [-0.2, -0.15) is 5.26 Å². The van der Waals surface area contributed by atoms with Gasteiger partial charge in [-0.3, -0.25) is 0 Å². The summed E-state index contributed by atoms with van der Waals surface area (Å²) in [5.74, 6) is -1.36. The molecule has 0 spiro atoms. The average molecular weight is 308 g/mol. The van der Waals surface area contributed by atoms with E-state index in [1.54, 1.807) is 0 Å². The molecule has 4 nitrogen and oxygen atoms in total. The van der Waals surface area contributed by atoms with E-state index in [1.807, 2.05) is 6.07 Å². The minimum Gasteiger partial charge on any atom is -0.207 e. The normalized spacial score (nSPS) is 11.1. The fourth-order valence-electron chi connectivity index (χ4n) is 1.67. The molecule has 21 heavy (non-hydrogen) atoms. The first-order valence-electron chi connectivity index (χ1n) is 5.86. The molecule has 7 heteroatoms. The van der Waals surface area contributed by atoms with Crippen LogP contribution in [0, 0.1) is 23.0 Å². The van der Waals surface area contributed by atoms with Crippen molar-refractivity contribution in [3.05, 3.63) is 65.2 Å². The summed E-state index contributed by atoms with van der Waals surface area (Å²) in [5, 5.41) is 8.75. The summed E-state index contributed by atoms with van der Waals surface area (Å²) < 4.78 is 52.7. The van der Waals surface area contributed by atoms with Crippen LogP contribution in [-0.4, -0.2) is 8.42 Å². The molecule has 0 heterocycles. The van der Waals surface area contributed by atoms with Crippen LogP contribution in [0.5, 0.6) is 0 Å². The van der Waals surface area contributed by atoms with Crippen molar-refractivity contribution >= 4 is 10.0 Å². The Morgan fingerprint density at radius 1 is 1.14 bits per heavy atom. The maximum Gasteiger partial charge on any atom is 0.240 e. The topological polar surface area (TPSA) is 70.0 Å². The number of halogens is 2. The molecule has 0 amide bonds. The summed E-state index contributed by atoms with van der Waals surface area (Å²) in [5.41, 5.74) is 0.0878. The number of benzene rings is 2. The van der Waals surface area contributed by atoms with Gasteiger partial charge in [0.2, 0.25) is 10.0 Å². The summed E-state index contributed by atoms with van der Waals surface area (Å²) in [4.78, 5) is -0.113. The lowest BCUT2D eigenvalue weighted by Crippen LogP contribution is -2.23. The van der Waals surface area contributed by atoms with Crippen molar-refractivity contribution in [1.82, 2.24) is 4.72 Å². The molecule has 0 radical (unpaired) electrons. The Kier molecular flexibility index (Phi) is 4.31. The number of nitriles is 1. The molecule has 2 aromatic carbocycles. The molecular weight excluding hydrogens is 298 g/mol. The number of nitrogens with one attached hydrogen (secondary N) is 1. The van der Waals surface area contributed by atoms with Crippen LogP contribution in [0.25, 0.3) is 0 Å². The Morgan fingerprint density at radius 3 is 2.62 bits per heavy atom. The lowest BCUT2D eigenvalue weighted by Gasteiger charge is -2.08. The van der Waals surface area contributed by atoms with Crippen molar-refractivity contribution in [2.45, 2.75) is 11.4 Å². The van der Waals surface area contributed by atoms with Gasteiger partial charge < -0.3 is 0 Å². The third-order valence-electron chi connectivity index (χ3n) is 2.73. The smallest absolute Gasteiger partial charge is 0.207 e. The molecule has 1 N–H and O–H groups in total. The van der Waals surface area contributed by atoms with Crippen LogP contribution in [0.4, 0.5) is 8.78 Å². The van der Waals surface area contributed by atoms with E-state index >= 15 is 0 Å². The van der Waals surface area contributed by atoms with E-state index < -0.39 is 21.7 Å². The Hall–Kier alpha value is -2.30. The maximum absolute atomic E-state index is 13.4. The highest BCUT2D eigenvalue weighted by Crippen LogP contribution is 2.13. The fraction of sp³-hybridized carbons (Fsp3) is 0.0714. The Balaban J connectivity index is 2.22. The Bertz CT molecular complexity index is 814. The van der Waals surface area contributed by atoms with Crippen LogP contribution >= 0.6 is 0 Å². The third-order valence-corrected chi connectivity index (χ3v) is 4.13. The molecule has 0 aromatic heterocycles. The van der Waals surface area contributed by atoms with E-state index in [-0.39, 0.29) is 22.6 Å². The lowest BCUT2D eigenvalue weighted by molar-refractivity contribution is 0.567. The van der Waals surface area contributed by atoms with Crippen molar-refractivity contribution < 1.29 is 17.2 Å². The number of rotatable bonds is 4. The first kappa shape index (κ1) is 15.1. The highest BCUT2D eigenvalue weighted by atomic mass is 32.2. The van der Waals surface area contributed by atoms with Gasteiger partial charge >= 0.3 is 0 Å². The van der Waals surface area contributed by atoms with Crippen LogP contribution in [0.1, 0.15) is 11.1 Å². The fourth-order valence-corrected chi connectivity index (χ4v) is 2.72. The average Bonchev–Trinajstić information content (AvgIpc) is 2.48. The highest BCUT2D eigenvalue weighted by molar-refractivity contribution is 7.89. The SMILES string of the molecule is N#Cc1cccc(S(=O)(=O)NCc2cc(F)ccc2F)c1. The van der Waals surface area contributed by atoms with Crippen LogP contribution < -0.4 is 4.72 Å². The predicted molar refractivity (Wildman–Crippen MR) is 71.5 cm³/mol. The third kappa shape index (κ3) is 3.62. The number of hydrogen-bond acceptors (Lipinski definition) is 3. The molecule has 0 saturated heterocycles. The van der Waals surface area contributed by atoms with Crippen LogP contribution in [0.2, 0.25) is 0 Å². The quantitative estimate of drug-likeness (QED) is 0.942. The number of hydrogen-bond donors (Lipinski definition) is 1. The van der Waals surface area contributed by atoms with Gasteiger partial charge in [0, 0.05) is 12.1 Å². The van der Waals surface area contributed by atoms with E-state index in [0.717, 1.165) is 18.2 Å². The predicted octanol–water partition coefficient (Wildman–Crippen LogP) is 2.31. The van der Waals surface area contributed by atoms with Crippen molar-refractivity contribution in [3.63, 3.8) is 0 Å². The first-order chi connectivity index (χ1) is 9.92. The second-order valence-corrected chi connectivity index (χ2v) is 5.97. The van der Waals surface area contributed by atoms with Crippen molar-refractivity contribution in [3.8, 4) is 6.07 Å². The molecule has 0 saturated carbocycles. The molecule has 0 unspecified atom stereocenters. The summed E-state index contributed by atoms with van der Waals surface area (Å²) in [6, 6.07) is 10.0. The number of nitrogens with zero attached hydrogens (tertiary/aromatic N) is 1. The van der Waals surface area contributed by atoms with E-state index in [2.05, 4.69) is 4.72 Å². The summed E-state index contributed by atoms with van der Waals surface area (Å²) in [7, 11) is -3.91. The van der Waals surface area contributed by atoms with Gasteiger partial charge in [0.15, 0.2) is 0 Å². The molecule has 0 aliphatic carbocycles. The molecule has 0 fully saturated rings. The van der Waals surface area contributed by atoms with Crippen LogP contribution in [0.3, 0.4) is 0 Å². The second-order valence-electron chi connectivity index (χ2n) is 4.20.